The molecule has 0 bridgehead atoms. The molecule has 1 aliphatic rings. The molecule has 2 rings (SSSR count). The monoisotopic (exact) mass is 268 g/mol. The second-order valence-electron chi connectivity index (χ2n) is 5.47. The summed E-state index contributed by atoms with van der Waals surface area (Å²) in [6.45, 7) is 8.38. The van der Waals surface area contributed by atoms with Crippen LogP contribution in [0, 0.1) is 0 Å². The Morgan fingerprint density at radius 3 is 2.28 bits per heavy atom. The quantitative estimate of drug-likeness (QED) is 0.652. The van der Waals surface area contributed by atoms with E-state index in [0.717, 1.165) is 5.56 Å². The third kappa shape index (κ3) is 2.28. The molecular weight excluding hydrogens is 250 g/mol. The fourth-order valence-electron chi connectivity index (χ4n) is 1.81. The zero-order valence-electron chi connectivity index (χ0n) is 11.2. The van der Waals surface area contributed by atoms with Crippen LogP contribution < -0.4 is 11.3 Å². The summed E-state index contributed by atoms with van der Waals surface area (Å²) in [5, 5.41) is 0.414. The van der Waals surface area contributed by atoms with Crippen molar-refractivity contribution in [2.45, 2.75) is 45.4 Å². The maximum atomic E-state index is 5.95. The molecule has 6 heteroatoms. The number of pyridine rings is 1. The molecule has 1 fully saturated rings. The van der Waals surface area contributed by atoms with E-state index >= 15 is 0 Å². The van der Waals surface area contributed by atoms with Gasteiger partial charge in [0.2, 0.25) is 0 Å². The molecule has 2 heterocycles. The molecule has 2 N–H and O–H groups in total. The number of rotatable bonds is 2. The number of aromatic nitrogens is 1. The molecular formula is C12H18BClN2O2. The van der Waals surface area contributed by atoms with Gasteiger partial charge in [-0.15, -0.1) is 0 Å². The van der Waals surface area contributed by atoms with Gasteiger partial charge in [-0.25, -0.2) is 4.98 Å². The Morgan fingerprint density at radius 2 is 1.78 bits per heavy atom. The zero-order valence-corrected chi connectivity index (χ0v) is 11.9. The first-order valence-electron chi connectivity index (χ1n) is 5.98. The molecule has 98 valence electrons. The normalized spacial score (nSPS) is 21.3. The van der Waals surface area contributed by atoms with E-state index in [1.165, 1.54) is 0 Å². The molecule has 0 spiro atoms. The van der Waals surface area contributed by atoms with E-state index in [1.807, 2.05) is 33.8 Å². The van der Waals surface area contributed by atoms with Crippen LogP contribution in [0.4, 0.5) is 0 Å². The molecule has 1 saturated heterocycles. The van der Waals surface area contributed by atoms with Gasteiger partial charge >= 0.3 is 7.12 Å². The van der Waals surface area contributed by atoms with E-state index in [0.29, 0.717) is 17.3 Å². The van der Waals surface area contributed by atoms with Crippen LogP contribution in [-0.4, -0.2) is 23.3 Å². The molecule has 0 aliphatic carbocycles. The van der Waals surface area contributed by atoms with Gasteiger partial charge < -0.3 is 15.0 Å². The summed E-state index contributed by atoms with van der Waals surface area (Å²) >= 11 is 5.93. The molecule has 18 heavy (non-hydrogen) atoms. The van der Waals surface area contributed by atoms with Gasteiger partial charge in [-0.3, -0.25) is 0 Å². The minimum Gasteiger partial charge on any atom is -0.398 e. The van der Waals surface area contributed by atoms with Crippen molar-refractivity contribution in [3.63, 3.8) is 0 Å². The molecule has 0 saturated carbocycles. The fourth-order valence-corrected chi connectivity index (χ4v) is 1.96. The van der Waals surface area contributed by atoms with Gasteiger partial charge in [0, 0.05) is 6.54 Å². The summed E-state index contributed by atoms with van der Waals surface area (Å²) in [6, 6.07) is 3.58. The Hall–Kier alpha value is -0.615. The van der Waals surface area contributed by atoms with E-state index in [-0.39, 0.29) is 0 Å². The Morgan fingerprint density at radius 1 is 1.22 bits per heavy atom. The maximum absolute atomic E-state index is 5.95. The SMILES string of the molecule is CC1(C)OB(c2nc(Cl)ccc2CN)OC1(C)C. The van der Waals surface area contributed by atoms with Crippen molar-refractivity contribution in [3.05, 3.63) is 22.8 Å². The van der Waals surface area contributed by atoms with Crippen molar-refractivity contribution >= 4 is 24.3 Å². The van der Waals surface area contributed by atoms with Crippen molar-refractivity contribution in [2.24, 2.45) is 5.73 Å². The van der Waals surface area contributed by atoms with Crippen molar-refractivity contribution in [2.75, 3.05) is 0 Å². The van der Waals surface area contributed by atoms with Crippen LogP contribution in [0.2, 0.25) is 5.15 Å². The van der Waals surface area contributed by atoms with Crippen LogP contribution in [0.5, 0.6) is 0 Å². The van der Waals surface area contributed by atoms with Crippen LogP contribution in [0.3, 0.4) is 0 Å². The summed E-state index contributed by atoms with van der Waals surface area (Å²) in [5.41, 5.74) is 6.48. The molecule has 0 radical (unpaired) electrons. The Balaban J connectivity index is 2.37. The lowest BCUT2D eigenvalue weighted by molar-refractivity contribution is 0.00578. The van der Waals surface area contributed by atoms with Gasteiger partial charge in [-0.05, 0) is 39.3 Å². The smallest absolute Gasteiger partial charge is 0.398 e. The van der Waals surface area contributed by atoms with Crippen LogP contribution in [0.15, 0.2) is 12.1 Å². The maximum Gasteiger partial charge on any atom is 0.514 e. The lowest BCUT2D eigenvalue weighted by atomic mass is 9.81. The number of halogens is 1. The molecule has 4 nitrogen and oxygen atoms in total. The summed E-state index contributed by atoms with van der Waals surface area (Å²) in [5.74, 6) is 0. The minimum absolute atomic E-state index is 0.379. The van der Waals surface area contributed by atoms with Crippen molar-refractivity contribution in [3.8, 4) is 0 Å². The van der Waals surface area contributed by atoms with Crippen molar-refractivity contribution in [1.29, 1.82) is 0 Å². The van der Waals surface area contributed by atoms with Crippen LogP contribution in [-0.2, 0) is 15.9 Å². The highest BCUT2D eigenvalue weighted by atomic mass is 35.5. The van der Waals surface area contributed by atoms with Crippen molar-refractivity contribution in [1.82, 2.24) is 4.98 Å². The molecule has 1 aliphatic heterocycles. The second kappa shape index (κ2) is 4.49. The van der Waals surface area contributed by atoms with Gasteiger partial charge in [0.1, 0.15) is 5.15 Å². The molecule has 0 unspecified atom stereocenters. The first-order valence-corrected chi connectivity index (χ1v) is 6.35. The van der Waals surface area contributed by atoms with E-state index in [4.69, 9.17) is 26.6 Å². The predicted molar refractivity (Wildman–Crippen MR) is 72.9 cm³/mol. The molecule has 1 aromatic heterocycles. The molecule has 0 amide bonds. The summed E-state index contributed by atoms with van der Waals surface area (Å²) < 4.78 is 11.9. The first-order chi connectivity index (χ1) is 8.27. The average molecular weight is 269 g/mol. The van der Waals surface area contributed by atoms with Gasteiger partial charge in [0.25, 0.3) is 0 Å². The topological polar surface area (TPSA) is 57.4 Å². The lowest BCUT2D eigenvalue weighted by Crippen LogP contribution is -2.41. The van der Waals surface area contributed by atoms with Crippen molar-refractivity contribution < 1.29 is 9.31 Å². The third-order valence-electron chi connectivity index (χ3n) is 3.67. The van der Waals surface area contributed by atoms with E-state index in [9.17, 15) is 0 Å². The summed E-state index contributed by atoms with van der Waals surface area (Å²) in [7, 11) is -0.521. The summed E-state index contributed by atoms with van der Waals surface area (Å²) in [4.78, 5) is 4.29. The first kappa shape index (κ1) is 13.8. The highest BCUT2D eigenvalue weighted by Gasteiger charge is 2.52. The van der Waals surface area contributed by atoms with Crippen LogP contribution >= 0.6 is 11.6 Å². The number of hydrogen-bond donors (Lipinski definition) is 1. The summed E-state index contributed by atoms with van der Waals surface area (Å²) in [6.07, 6.45) is 0. The van der Waals surface area contributed by atoms with E-state index in [2.05, 4.69) is 4.98 Å². The number of nitrogens with zero attached hydrogens (tertiary/aromatic N) is 1. The van der Waals surface area contributed by atoms with Gasteiger partial charge in [0.05, 0.1) is 16.8 Å². The van der Waals surface area contributed by atoms with Gasteiger partial charge in [-0.1, -0.05) is 17.7 Å². The molecule has 1 aromatic rings. The highest BCUT2D eigenvalue weighted by molar-refractivity contribution is 6.61. The fraction of sp³-hybridized carbons (Fsp3) is 0.583. The third-order valence-corrected chi connectivity index (χ3v) is 3.89. The Labute approximate surface area is 113 Å². The highest BCUT2D eigenvalue weighted by Crippen LogP contribution is 2.36. The largest absolute Gasteiger partial charge is 0.514 e. The van der Waals surface area contributed by atoms with E-state index in [1.54, 1.807) is 6.07 Å². The zero-order chi connectivity index (χ0) is 13.6. The molecule has 0 aromatic carbocycles. The lowest BCUT2D eigenvalue weighted by Gasteiger charge is -2.32. The second-order valence-corrected chi connectivity index (χ2v) is 5.86. The van der Waals surface area contributed by atoms with Crippen LogP contribution in [0.25, 0.3) is 0 Å². The predicted octanol–water partition coefficient (Wildman–Crippen LogP) is 1.49. The van der Waals surface area contributed by atoms with Gasteiger partial charge in [0.15, 0.2) is 0 Å². The number of nitrogens with two attached hydrogens (primary N) is 1. The molecule has 0 atom stereocenters. The van der Waals surface area contributed by atoms with E-state index < -0.39 is 18.3 Å². The van der Waals surface area contributed by atoms with Crippen LogP contribution in [0.1, 0.15) is 33.3 Å². The average Bonchev–Trinajstić information content (AvgIpc) is 2.48. The number of hydrogen-bond acceptors (Lipinski definition) is 4. The standard InChI is InChI=1S/C12H18BClN2O2/c1-11(2)12(3,4)18-13(17-11)10-8(7-15)5-6-9(14)16-10/h5-6H,7,15H2,1-4H3. The minimum atomic E-state index is -0.521. The Kier molecular flexibility index (Phi) is 3.45. The van der Waals surface area contributed by atoms with Gasteiger partial charge in [-0.2, -0.15) is 0 Å². The Bertz CT molecular complexity index is 449.